The summed E-state index contributed by atoms with van der Waals surface area (Å²) >= 11 is 3.37. The van der Waals surface area contributed by atoms with Gasteiger partial charge in [0.25, 0.3) is 6.33 Å². The summed E-state index contributed by atoms with van der Waals surface area (Å²) in [6.07, 6.45) is 3.54. The van der Waals surface area contributed by atoms with E-state index in [4.69, 9.17) is 4.74 Å². The fraction of sp³-hybridized carbons (Fsp3) is 0.105. The minimum atomic E-state index is 0.0477. The standard InChI is InChI=1S/C19H16BrN2O2/c1-24-17-8-4-14(5-9-17)18-10-11-22(13-21-18)12-19(23)15-2-6-16(20)7-3-15/h2-11,13H,12H2,1H3/q+1. The van der Waals surface area contributed by atoms with Crippen molar-refractivity contribution in [3.05, 3.63) is 77.2 Å². The normalized spacial score (nSPS) is 10.4. The summed E-state index contributed by atoms with van der Waals surface area (Å²) in [5, 5.41) is 0. The van der Waals surface area contributed by atoms with E-state index in [1.807, 2.05) is 60.8 Å². The second-order valence-corrected chi connectivity index (χ2v) is 6.19. The zero-order chi connectivity index (χ0) is 16.9. The minimum absolute atomic E-state index is 0.0477. The van der Waals surface area contributed by atoms with Crippen LogP contribution in [0.1, 0.15) is 10.4 Å². The van der Waals surface area contributed by atoms with Crippen molar-refractivity contribution in [2.24, 2.45) is 0 Å². The number of nitrogens with zero attached hydrogens (tertiary/aromatic N) is 2. The molecule has 1 heterocycles. The Morgan fingerprint density at radius 1 is 1.08 bits per heavy atom. The summed E-state index contributed by atoms with van der Waals surface area (Å²) in [5.41, 5.74) is 2.54. The Hall–Kier alpha value is -2.53. The molecule has 0 fully saturated rings. The van der Waals surface area contributed by atoms with Crippen LogP contribution in [0.15, 0.2) is 71.6 Å². The van der Waals surface area contributed by atoms with Crippen molar-refractivity contribution in [1.29, 1.82) is 0 Å². The minimum Gasteiger partial charge on any atom is -0.497 e. The van der Waals surface area contributed by atoms with Crippen molar-refractivity contribution in [2.75, 3.05) is 7.11 Å². The number of benzene rings is 2. The fourth-order valence-electron chi connectivity index (χ4n) is 2.30. The number of rotatable bonds is 5. The lowest BCUT2D eigenvalue weighted by atomic mass is 10.1. The Balaban J connectivity index is 1.71. The number of hydrogen-bond donors (Lipinski definition) is 0. The lowest BCUT2D eigenvalue weighted by Crippen LogP contribution is -2.37. The van der Waals surface area contributed by atoms with Crippen molar-refractivity contribution >= 4 is 21.7 Å². The highest BCUT2D eigenvalue weighted by Crippen LogP contribution is 2.19. The largest absolute Gasteiger partial charge is 0.497 e. The number of ether oxygens (including phenoxy) is 1. The molecule has 0 bridgehead atoms. The van der Waals surface area contributed by atoms with Crippen LogP contribution in [0.2, 0.25) is 0 Å². The second kappa shape index (κ2) is 7.36. The second-order valence-electron chi connectivity index (χ2n) is 5.28. The predicted octanol–water partition coefficient (Wildman–Crippen LogP) is 3.69. The van der Waals surface area contributed by atoms with Crippen molar-refractivity contribution < 1.29 is 14.1 Å². The molecule has 0 amide bonds. The summed E-state index contributed by atoms with van der Waals surface area (Å²) in [7, 11) is 1.64. The van der Waals surface area contributed by atoms with E-state index < -0.39 is 0 Å². The molecule has 0 aliphatic rings. The molecule has 0 spiro atoms. The third kappa shape index (κ3) is 3.86. The Bertz CT molecular complexity index is 829. The highest BCUT2D eigenvalue weighted by atomic mass is 79.9. The van der Waals surface area contributed by atoms with Gasteiger partial charge in [0.1, 0.15) is 5.75 Å². The predicted molar refractivity (Wildman–Crippen MR) is 94.9 cm³/mol. The number of carbonyl (C=O) groups excluding carboxylic acids is 1. The van der Waals surface area contributed by atoms with Crippen molar-refractivity contribution in [3.8, 4) is 17.0 Å². The monoisotopic (exact) mass is 383 g/mol. The quantitative estimate of drug-likeness (QED) is 0.498. The third-order valence-electron chi connectivity index (χ3n) is 3.65. The van der Waals surface area contributed by atoms with Crippen LogP contribution in [0.3, 0.4) is 0 Å². The molecule has 0 saturated heterocycles. The first-order valence-corrected chi connectivity index (χ1v) is 8.23. The fourth-order valence-corrected chi connectivity index (χ4v) is 2.57. The summed E-state index contributed by atoms with van der Waals surface area (Å²) in [4.78, 5) is 16.7. The van der Waals surface area contributed by atoms with E-state index in [2.05, 4.69) is 20.9 Å². The van der Waals surface area contributed by atoms with Crippen LogP contribution in [0.5, 0.6) is 5.75 Å². The third-order valence-corrected chi connectivity index (χ3v) is 4.18. The molecule has 3 rings (SSSR count). The maximum atomic E-state index is 12.3. The highest BCUT2D eigenvalue weighted by Gasteiger charge is 2.12. The SMILES string of the molecule is COc1ccc(-c2cc[n+](CC(=O)c3ccc(Br)cc3)cn2)cc1. The molecule has 24 heavy (non-hydrogen) atoms. The molecule has 0 radical (unpaired) electrons. The Labute approximate surface area is 148 Å². The van der Waals surface area contributed by atoms with Gasteiger partial charge in [-0.2, -0.15) is 0 Å². The van der Waals surface area contributed by atoms with Crippen LogP contribution >= 0.6 is 15.9 Å². The number of hydrogen-bond acceptors (Lipinski definition) is 3. The molecule has 120 valence electrons. The van der Waals surface area contributed by atoms with Gasteiger partial charge in [0.2, 0.25) is 5.78 Å². The van der Waals surface area contributed by atoms with Crippen LogP contribution in [0.4, 0.5) is 0 Å². The van der Waals surface area contributed by atoms with Gasteiger partial charge in [-0.1, -0.05) is 28.1 Å². The van der Waals surface area contributed by atoms with Crippen LogP contribution in [-0.4, -0.2) is 17.9 Å². The van der Waals surface area contributed by atoms with E-state index in [0.29, 0.717) is 5.56 Å². The van der Waals surface area contributed by atoms with Gasteiger partial charge in [-0.05, 0) is 41.4 Å². The van der Waals surface area contributed by atoms with Gasteiger partial charge in [0, 0.05) is 21.7 Å². The lowest BCUT2D eigenvalue weighted by Gasteiger charge is -2.02. The summed E-state index contributed by atoms with van der Waals surface area (Å²) in [6, 6.07) is 17.0. The lowest BCUT2D eigenvalue weighted by molar-refractivity contribution is -0.686. The Kier molecular flexibility index (Phi) is 5.01. The maximum Gasteiger partial charge on any atom is 0.287 e. The summed E-state index contributed by atoms with van der Waals surface area (Å²) < 4.78 is 7.88. The average Bonchev–Trinajstić information content (AvgIpc) is 2.63. The van der Waals surface area contributed by atoms with E-state index in [1.54, 1.807) is 18.0 Å². The molecule has 0 unspecified atom stereocenters. The average molecular weight is 384 g/mol. The number of methoxy groups -OCH3 is 1. The van der Waals surface area contributed by atoms with Gasteiger partial charge in [0.05, 0.1) is 13.3 Å². The zero-order valence-electron chi connectivity index (χ0n) is 13.1. The van der Waals surface area contributed by atoms with Gasteiger partial charge in [-0.25, -0.2) is 4.57 Å². The molecule has 0 N–H and O–H groups in total. The van der Waals surface area contributed by atoms with E-state index >= 15 is 0 Å². The molecule has 2 aromatic carbocycles. The van der Waals surface area contributed by atoms with Gasteiger partial charge in [0.15, 0.2) is 12.2 Å². The van der Waals surface area contributed by atoms with Crippen molar-refractivity contribution in [1.82, 2.24) is 4.98 Å². The van der Waals surface area contributed by atoms with Gasteiger partial charge in [-0.3, -0.25) is 4.79 Å². The van der Waals surface area contributed by atoms with Gasteiger partial charge < -0.3 is 4.74 Å². The summed E-state index contributed by atoms with van der Waals surface area (Å²) in [5.74, 6) is 0.858. The Morgan fingerprint density at radius 3 is 2.38 bits per heavy atom. The first-order chi connectivity index (χ1) is 11.7. The number of Topliss-reactive ketones (excluding diaryl/α,β-unsaturated/α-hetero) is 1. The van der Waals surface area contributed by atoms with Gasteiger partial charge >= 0.3 is 0 Å². The molecule has 0 aliphatic carbocycles. The van der Waals surface area contributed by atoms with Crippen LogP contribution in [0, 0.1) is 0 Å². The molecule has 5 heteroatoms. The molecule has 0 aliphatic heterocycles. The summed E-state index contributed by atoms with van der Waals surface area (Å²) in [6.45, 7) is 0.261. The number of ketones is 1. The number of halogens is 1. The molecule has 0 saturated carbocycles. The molecule has 1 aromatic heterocycles. The maximum absolute atomic E-state index is 12.3. The smallest absolute Gasteiger partial charge is 0.287 e. The van der Waals surface area contributed by atoms with Crippen molar-refractivity contribution in [2.45, 2.75) is 6.54 Å². The first-order valence-electron chi connectivity index (χ1n) is 7.44. The van der Waals surface area contributed by atoms with E-state index in [-0.39, 0.29) is 12.3 Å². The van der Waals surface area contributed by atoms with Crippen LogP contribution in [-0.2, 0) is 6.54 Å². The number of aromatic nitrogens is 2. The van der Waals surface area contributed by atoms with Crippen LogP contribution < -0.4 is 9.30 Å². The molecule has 0 atom stereocenters. The topological polar surface area (TPSA) is 43.1 Å². The van der Waals surface area contributed by atoms with E-state index in [1.165, 1.54) is 0 Å². The highest BCUT2D eigenvalue weighted by molar-refractivity contribution is 9.10. The van der Waals surface area contributed by atoms with Crippen molar-refractivity contribution in [3.63, 3.8) is 0 Å². The molecule has 4 nitrogen and oxygen atoms in total. The zero-order valence-corrected chi connectivity index (χ0v) is 14.7. The number of carbonyl (C=O) groups is 1. The Morgan fingerprint density at radius 2 is 1.79 bits per heavy atom. The van der Waals surface area contributed by atoms with Gasteiger partial charge in [-0.15, -0.1) is 0 Å². The first kappa shape index (κ1) is 16.3. The molecular weight excluding hydrogens is 368 g/mol. The van der Waals surface area contributed by atoms with Crippen LogP contribution in [0.25, 0.3) is 11.3 Å². The molecule has 3 aromatic rings. The molecular formula is C19H16BrN2O2+. The van der Waals surface area contributed by atoms with E-state index in [9.17, 15) is 4.79 Å². The van der Waals surface area contributed by atoms with E-state index in [0.717, 1.165) is 21.5 Å².